The molecule has 1 saturated heterocycles. The van der Waals surface area contributed by atoms with Crippen molar-refractivity contribution in [3.05, 3.63) is 0 Å². The molecule has 1 aliphatic rings. The molecular weight excluding hydrogens is 289 g/mol. The number of carbonyl (C=O) groups excluding carboxylic acids is 1. The second-order valence-electron chi connectivity index (χ2n) is 5.15. The lowest BCUT2D eigenvalue weighted by Crippen LogP contribution is -2.41. The van der Waals surface area contributed by atoms with E-state index in [0.29, 0.717) is 0 Å². The first-order valence-corrected chi connectivity index (χ1v) is 7.66. The molecule has 0 amide bonds. The van der Waals surface area contributed by atoms with Gasteiger partial charge in [0.15, 0.2) is 12.5 Å². The van der Waals surface area contributed by atoms with Crippen LogP contribution in [0.1, 0.15) is 20.8 Å². The molecule has 0 saturated carbocycles. The Morgan fingerprint density at radius 1 is 1.25 bits per heavy atom. The van der Waals surface area contributed by atoms with Crippen LogP contribution in [0.15, 0.2) is 0 Å². The van der Waals surface area contributed by atoms with Crippen molar-refractivity contribution in [1.29, 1.82) is 0 Å². The fraction of sp³-hybridized carbons (Fsp3) is 0.909. The molecule has 1 N–H and O–H groups in total. The van der Waals surface area contributed by atoms with Gasteiger partial charge in [-0.15, -0.1) is 0 Å². The summed E-state index contributed by atoms with van der Waals surface area (Å²) in [5.74, 6) is -2.04. The summed E-state index contributed by atoms with van der Waals surface area (Å²) in [7, 11) is -0.106. The number of ether oxygens (including phenoxy) is 3. The van der Waals surface area contributed by atoms with Crippen molar-refractivity contribution in [3.8, 4) is 0 Å². The molecule has 20 heavy (non-hydrogen) atoms. The predicted octanol–water partition coefficient (Wildman–Crippen LogP) is 1.06. The maximum Gasteiger partial charge on any atom is 0.358 e. The Hall–Kier alpha value is -0.500. The predicted molar refractivity (Wildman–Crippen MR) is 70.1 cm³/mol. The summed E-state index contributed by atoms with van der Waals surface area (Å²) in [5.41, 5.74) is -0.395. The van der Waals surface area contributed by atoms with E-state index in [1.807, 2.05) is 20.8 Å². The van der Waals surface area contributed by atoms with Crippen molar-refractivity contribution in [2.75, 3.05) is 21.3 Å². The number of hydrogen-bond donors (Lipinski definition) is 1. The Bertz CT molecular complexity index is 387. The molecular formula is C11H22NO7P. The van der Waals surface area contributed by atoms with E-state index in [9.17, 15) is 9.36 Å². The number of carbonyl (C=O) groups is 1. The second-order valence-corrected chi connectivity index (χ2v) is 7.48. The third kappa shape index (κ3) is 4.51. The number of hydrogen-bond acceptors (Lipinski definition) is 8. The second kappa shape index (κ2) is 6.51. The molecule has 9 heteroatoms. The van der Waals surface area contributed by atoms with Gasteiger partial charge < -0.3 is 23.3 Å². The van der Waals surface area contributed by atoms with Gasteiger partial charge in [-0.1, -0.05) is 0 Å². The van der Waals surface area contributed by atoms with E-state index in [2.05, 4.69) is 10.1 Å². The Kier molecular flexibility index (Phi) is 5.71. The maximum atomic E-state index is 12.3. The topological polar surface area (TPSA) is 95.6 Å². The van der Waals surface area contributed by atoms with Crippen LogP contribution in [0.4, 0.5) is 0 Å². The highest BCUT2D eigenvalue weighted by Gasteiger charge is 2.50. The lowest BCUT2D eigenvalue weighted by Gasteiger charge is -2.22. The third-order valence-corrected chi connectivity index (χ3v) is 4.50. The van der Waals surface area contributed by atoms with Crippen LogP contribution < -0.4 is 5.32 Å². The summed E-state index contributed by atoms with van der Waals surface area (Å²) in [6, 6.07) is 0. The van der Waals surface area contributed by atoms with Crippen molar-refractivity contribution >= 4 is 13.6 Å². The van der Waals surface area contributed by atoms with Crippen LogP contribution in [0.2, 0.25) is 0 Å². The summed E-state index contributed by atoms with van der Waals surface area (Å²) >= 11 is 0. The zero-order valence-corrected chi connectivity index (χ0v) is 13.4. The minimum absolute atomic E-state index is 0.395. The van der Waals surface area contributed by atoms with Gasteiger partial charge in [-0.25, -0.2) is 4.79 Å². The number of rotatable bonds is 7. The molecule has 0 radical (unpaired) electrons. The van der Waals surface area contributed by atoms with Gasteiger partial charge in [0.25, 0.3) is 0 Å². The van der Waals surface area contributed by atoms with Crippen LogP contribution >= 0.6 is 7.60 Å². The standard InChI is InChI=1S/C11H22NO7P/c1-11(2,3)19-10-7(18-10)12-8(9(13)15-4)20(14,16-5)17-6/h7-8,10,12H,1-6H3/t7?,8?,10-/m0/s1. The lowest BCUT2D eigenvalue weighted by molar-refractivity contribution is -0.141. The van der Waals surface area contributed by atoms with E-state index in [0.717, 1.165) is 0 Å². The van der Waals surface area contributed by atoms with Crippen molar-refractivity contribution in [2.24, 2.45) is 0 Å². The molecule has 118 valence electrons. The minimum atomic E-state index is -3.68. The van der Waals surface area contributed by atoms with E-state index in [-0.39, 0.29) is 0 Å². The molecule has 0 aromatic heterocycles. The van der Waals surface area contributed by atoms with Crippen molar-refractivity contribution < 1.29 is 32.6 Å². The minimum Gasteiger partial charge on any atom is -0.467 e. The molecule has 1 rings (SSSR count). The first-order chi connectivity index (χ1) is 9.16. The van der Waals surface area contributed by atoms with Gasteiger partial charge in [-0.3, -0.25) is 9.88 Å². The number of epoxide rings is 1. The average molecular weight is 311 g/mol. The van der Waals surface area contributed by atoms with Gasteiger partial charge in [0, 0.05) is 14.2 Å². The maximum absolute atomic E-state index is 12.3. The van der Waals surface area contributed by atoms with Gasteiger partial charge in [0.05, 0.1) is 12.7 Å². The van der Waals surface area contributed by atoms with Crippen LogP contribution in [0.25, 0.3) is 0 Å². The summed E-state index contributed by atoms with van der Waals surface area (Å²) in [6.45, 7) is 5.62. The molecule has 0 aliphatic carbocycles. The highest BCUT2D eigenvalue weighted by Crippen LogP contribution is 2.51. The van der Waals surface area contributed by atoms with E-state index in [4.69, 9.17) is 18.5 Å². The molecule has 0 aromatic carbocycles. The molecule has 0 spiro atoms. The van der Waals surface area contributed by atoms with E-state index < -0.39 is 37.5 Å². The van der Waals surface area contributed by atoms with Crippen LogP contribution in [0.3, 0.4) is 0 Å². The lowest BCUT2D eigenvalue weighted by atomic mass is 10.2. The van der Waals surface area contributed by atoms with Gasteiger partial charge in [-0.2, -0.15) is 0 Å². The molecule has 3 atom stereocenters. The quantitative estimate of drug-likeness (QED) is 0.423. The Morgan fingerprint density at radius 3 is 2.20 bits per heavy atom. The van der Waals surface area contributed by atoms with Crippen LogP contribution in [-0.2, 0) is 32.6 Å². The smallest absolute Gasteiger partial charge is 0.358 e. The highest BCUT2D eigenvalue weighted by molar-refractivity contribution is 7.55. The van der Waals surface area contributed by atoms with Crippen LogP contribution in [-0.4, -0.2) is 51.2 Å². The first kappa shape index (κ1) is 17.6. The van der Waals surface area contributed by atoms with Gasteiger partial charge >= 0.3 is 13.6 Å². The van der Waals surface area contributed by atoms with Crippen molar-refractivity contribution in [3.63, 3.8) is 0 Å². The number of methoxy groups -OCH3 is 1. The van der Waals surface area contributed by atoms with E-state index >= 15 is 0 Å². The Morgan fingerprint density at radius 2 is 1.80 bits per heavy atom. The van der Waals surface area contributed by atoms with Crippen LogP contribution in [0, 0.1) is 0 Å². The summed E-state index contributed by atoms with van der Waals surface area (Å²) in [5, 5.41) is 2.72. The molecule has 2 unspecified atom stereocenters. The summed E-state index contributed by atoms with van der Waals surface area (Å²) < 4.78 is 37.3. The molecule has 0 aromatic rings. The fourth-order valence-electron chi connectivity index (χ4n) is 1.50. The molecule has 8 nitrogen and oxygen atoms in total. The van der Waals surface area contributed by atoms with Crippen molar-refractivity contribution in [2.45, 2.75) is 44.7 Å². The van der Waals surface area contributed by atoms with E-state index in [1.165, 1.54) is 21.3 Å². The summed E-state index contributed by atoms with van der Waals surface area (Å²) in [4.78, 5) is 11.7. The third-order valence-electron chi connectivity index (χ3n) is 2.49. The van der Waals surface area contributed by atoms with Gasteiger partial charge in [0.2, 0.25) is 5.78 Å². The van der Waals surface area contributed by atoms with Gasteiger partial charge in [0.1, 0.15) is 0 Å². The Labute approximate surface area is 118 Å². The normalized spacial score (nSPS) is 24.3. The van der Waals surface area contributed by atoms with Gasteiger partial charge in [-0.05, 0) is 20.8 Å². The Balaban J connectivity index is 2.70. The number of nitrogens with one attached hydrogen (secondary N) is 1. The monoisotopic (exact) mass is 311 g/mol. The fourth-order valence-corrected chi connectivity index (χ4v) is 2.76. The largest absolute Gasteiger partial charge is 0.467 e. The SMILES string of the molecule is COC(=O)C(NC1O[C@H]1OC(C)(C)C)P(=O)(OC)OC. The summed E-state index contributed by atoms with van der Waals surface area (Å²) in [6.07, 6.45) is -1.10. The first-order valence-electron chi connectivity index (χ1n) is 6.05. The zero-order valence-electron chi connectivity index (χ0n) is 12.5. The van der Waals surface area contributed by atoms with Crippen LogP contribution in [0.5, 0.6) is 0 Å². The molecule has 1 heterocycles. The molecule has 0 bridgehead atoms. The van der Waals surface area contributed by atoms with E-state index in [1.54, 1.807) is 0 Å². The highest BCUT2D eigenvalue weighted by atomic mass is 31.2. The number of esters is 1. The zero-order chi connectivity index (χ0) is 15.6. The molecule has 1 fully saturated rings. The van der Waals surface area contributed by atoms with Crippen molar-refractivity contribution in [1.82, 2.24) is 5.32 Å². The average Bonchev–Trinajstić information content (AvgIpc) is 3.09. The molecule has 1 aliphatic heterocycles.